The second kappa shape index (κ2) is 11.7. The summed E-state index contributed by atoms with van der Waals surface area (Å²) in [5.74, 6) is 1.21. The van der Waals surface area contributed by atoms with Gasteiger partial charge in [0.1, 0.15) is 17.4 Å². The van der Waals surface area contributed by atoms with Gasteiger partial charge in [-0.1, -0.05) is 31.0 Å². The van der Waals surface area contributed by atoms with Gasteiger partial charge in [0.15, 0.2) is 0 Å². The summed E-state index contributed by atoms with van der Waals surface area (Å²) in [4.78, 5) is 29.1. The molecule has 0 saturated carbocycles. The highest BCUT2D eigenvalue weighted by Gasteiger charge is 2.25. The molecule has 10 nitrogen and oxygen atoms in total. The minimum Gasteiger partial charge on any atom is -0.497 e. The van der Waals surface area contributed by atoms with E-state index in [0.29, 0.717) is 43.0 Å². The number of ether oxygens (including phenoxy) is 1. The van der Waals surface area contributed by atoms with E-state index >= 15 is 0 Å². The first-order valence-electron chi connectivity index (χ1n) is 11.1. The normalized spacial score (nSPS) is 12.3. The van der Waals surface area contributed by atoms with Gasteiger partial charge in [-0.2, -0.15) is 0 Å². The number of nitro groups is 1. The predicted octanol–water partition coefficient (Wildman–Crippen LogP) is 4.55. The molecule has 0 spiro atoms. The van der Waals surface area contributed by atoms with Gasteiger partial charge in [-0.25, -0.2) is 18.1 Å². The number of hydrogen-bond donors (Lipinski definition) is 2. The number of carbonyl (C=O) groups is 1. The van der Waals surface area contributed by atoms with Gasteiger partial charge < -0.3 is 14.5 Å². The number of nitrogens with one attached hydrogen (secondary N) is 2. The molecular formula is C24H28N4O6S. The minimum atomic E-state index is -4.07. The van der Waals surface area contributed by atoms with Crippen LogP contribution in [0.1, 0.15) is 50.9 Å². The highest BCUT2D eigenvalue weighted by Crippen LogP contribution is 2.27. The summed E-state index contributed by atoms with van der Waals surface area (Å²) in [6.45, 7) is 1.54. The summed E-state index contributed by atoms with van der Waals surface area (Å²) in [5.41, 5.74) is 1.20. The fourth-order valence-corrected chi connectivity index (χ4v) is 4.89. The molecule has 3 rings (SSSR count). The quantitative estimate of drug-likeness (QED) is 0.199. The molecule has 0 saturated heterocycles. The lowest BCUT2D eigenvalue weighted by atomic mass is 10.1. The van der Waals surface area contributed by atoms with E-state index < -0.39 is 21.0 Å². The highest BCUT2D eigenvalue weighted by atomic mass is 32.2. The monoisotopic (exact) mass is 500 g/mol. The molecule has 0 bridgehead atoms. The Hall–Kier alpha value is -3.57. The number of H-pyrrole nitrogens is 1. The molecule has 186 valence electrons. The van der Waals surface area contributed by atoms with E-state index in [1.54, 1.807) is 20.2 Å². The van der Waals surface area contributed by atoms with Crippen molar-refractivity contribution in [2.45, 2.75) is 50.0 Å². The van der Waals surface area contributed by atoms with E-state index in [-0.39, 0.29) is 16.4 Å². The molecule has 0 aliphatic carbocycles. The predicted molar refractivity (Wildman–Crippen MR) is 131 cm³/mol. The van der Waals surface area contributed by atoms with Crippen LogP contribution in [0.4, 0.5) is 5.69 Å². The highest BCUT2D eigenvalue weighted by molar-refractivity contribution is 7.89. The average molecular weight is 501 g/mol. The van der Waals surface area contributed by atoms with Crippen molar-refractivity contribution >= 4 is 21.5 Å². The second-order valence-corrected chi connectivity index (χ2v) is 9.86. The molecule has 0 aliphatic rings. The number of nitro benzene ring substituents is 1. The molecule has 35 heavy (non-hydrogen) atoms. The lowest BCUT2D eigenvalue weighted by molar-refractivity contribution is -0.385. The second-order valence-electron chi connectivity index (χ2n) is 8.14. The molecule has 11 heteroatoms. The van der Waals surface area contributed by atoms with Crippen LogP contribution in [-0.4, -0.2) is 36.2 Å². The average Bonchev–Trinajstić information content (AvgIpc) is 3.33. The summed E-state index contributed by atoms with van der Waals surface area (Å²) in [5, 5.41) is 11.1. The first kappa shape index (κ1) is 26.0. The summed E-state index contributed by atoms with van der Waals surface area (Å²) in [6.07, 6.45) is 4.64. The van der Waals surface area contributed by atoms with E-state index in [9.17, 15) is 23.3 Å². The first-order valence-corrected chi connectivity index (χ1v) is 12.6. The number of carbonyl (C=O) groups excluding carboxylic acids is 1. The van der Waals surface area contributed by atoms with Crippen molar-refractivity contribution in [2.24, 2.45) is 0 Å². The Labute approximate surface area is 203 Å². The molecule has 2 aromatic carbocycles. The minimum absolute atomic E-state index is 0.113. The van der Waals surface area contributed by atoms with Crippen molar-refractivity contribution in [1.29, 1.82) is 0 Å². The zero-order chi connectivity index (χ0) is 25.4. The van der Waals surface area contributed by atoms with E-state index in [1.165, 1.54) is 18.2 Å². The van der Waals surface area contributed by atoms with E-state index in [1.807, 2.05) is 24.3 Å². The fraction of sp³-hybridized carbons (Fsp3) is 0.333. The zero-order valence-corrected chi connectivity index (χ0v) is 20.4. The van der Waals surface area contributed by atoms with Crippen molar-refractivity contribution < 1.29 is 22.9 Å². The number of benzene rings is 2. The number of Topliss-reactive ketones (excluding diaryl/α,β-unsaturated/α-hetero) is 1. The van der Waals surface area contributed by atoms with Crippen molar-refractivity contribution in [2.75, 3.05) is 7.11 Å². The van der Waals surface area contributed by atoms with Crippen LogP contribution in [0.25, 0.3) is 11.3 Å². The van der Waals surface area contributed by atoms with Crippen molar-refractivity contribution in [3.05, 3.63) is 70.7 Å². The maximum Gasteiger partial charge on any atom is 0.270 e. The Balaban J connectivity index is 1.85. The smallest absolute Gasteiger partial charge is 0.270 e. The molecule has 0 unspecified atom stereocenters. The van der Waals surface area contributed by atoms with Gasteiger partial charge in [0, 0.05) is 24.1 Å². The molecule has 2 N–H and O–H groups in total. The number of hydrogen-bond acceptors (Lipinski definition) is 7. The molecule has 0 fully saturated rings. The summed E-state index contributed by atoms with van der Waals surface area (Å²) in [7, 11) is -2.50. The number of methoxy groups -OCH3 is 1. The third kappa shape index (κ3) is 7.20. The number of ketones is 1. The molecular weight excluding hydrogens is 472 g/mol. The largest absolute Gasteiger partial charge is 0.497 e. The first-order chi connectivity index (χ1) is 16.7. The van der Waals surface area contributed by atoms with Gasteiger partial charge >= 0.3 is 0 Å². The van der Waals surface area contributed by atoms with E-state index in [2.05, 4.69) is 14.7 Å². The number of aromatic amines is 1. The third-order valence-corrected chi connectivity index (χ3v) is 6.93. The van der Waals surface area contributed by atoms with Crippen LogP contribution in [0.5, 0.6) is 5.75 Å². The van der Waals surface area contributed by atoms with Crippen LogP contribution in [0.15, 0.2) is 59.6 Å². The van der Waals surface area contributed by atoms with Gasteiger partial charge in [-0.05, 0) is 38.0 Å². The van der Waals surface area contributed by atoms with Crippen LogP contribution in [0.3, 0.4) is 0 Å². The Kier molecular flexibility index (Phi) is 8.72. The maximum absolute atomic E-state index is 13.1. The molecule has 1 heterocycles. The number of imidazole rings is 1. The molecule has 3 aromatic rings. The summed E-state index contributed by atoms with van der Waals surface area (Å²) >= 11 is 0. The van der Waals surface area contributed by atoms with Gasteiger partial charge in [0.25, 0.3) is 5.69 Å². The molecule has 1 aromatic heterocycles. The van der Waals surface area contributed by atoms with Gasteiger partial charge in [0.05, 0.1) is 34.9 Å². The van der Waals surface area contributed by atoms with Crippen LogP contribution in [0.2, 0.25) is 0 Å². The third-order valence-electron chi connectivity index (χ3n) is 5.46. The summed E-state index contributed by atoms with van der Waals surface area (Å²) in [6, 6.07) is 11.6. The standard InChI is InChI=1S/C24H28N4O6S/c1-17(29)8-4-3-5-13-22(27-35(32,33)21-12-7-10-19(15-21)28(30)31)24-25-16-23(26-24)18-9-6-11-20(14-18)34-2/h6-7,9-12,14-16,22,27H,3-5,8,13H2,1-2H3,(H,25,26)/t22-/m0/s1. The Morgan fingerprint density at radius 1 is 1.17 bits per heavy atom. The molecule has 0 radical (unpaired) electrons. The van der Waals surface area contributed by atoms with E-state index in [0.717, 1.165) is 18.1 Å². The number of rotatable bonds is 13. The Morgan fingerprint density at radius 2 is 1.94 bits per heavy atom. The molecule has 1 atom stereocenters. The number of sulfonamides is 1. The van der Waals surface area contributed by atoms with Gasteiger partial charge in [-0.3, -0.25) is 10.1 Å². The van der Waals surface area contributed by atoms with Crippen molar-refractivity contribution in [3.8, 4) is 17.0 Å². The summed E-state index contributed by atoms with van der Waals surface area (Å²) < 4.78 is 34.1. The fourth-order valence-electron chi connectivity index (χ4n) is 3.62. The molecule has 0 amide bonds. The lowest BCUT2D eigenvalue weighted by Gasteiger charge is -2.17. The Morgan fingerprint density at radius 3 is 2.66 bits per heavy atom. The van der Waals surface area contributed by atoms with Gasteiger partial charge in [-0.15, -0.1) is 0 Å². The van der Waals surface area contributed by atoms with Gasteiger partial charge in [0.2, 0.25) is 10.0 Å². The van der Waals surface area contributed by atoms with E-state index in [4.69, 9.17) is 4.74 Å². The van der Waals surface area contributed by atoms with Crippen molar-refractivity contribution in [3.63, 3.8) is 0 Å². The SMILES string of the molecule is COc1cccc(-c2cnc([C@H](CCCCCC(C)=O)NS(=O)(=O)c3cccc([N+](=O)[O-])c3)[nH]2)c1. The van der Waals surface area contributed by atoms with Crippen LogP contribution in [-0.2, 0) is 14.8 Å². The van der Waals surface area contributed by atoms with Crippen LogP contribution < -0.4 is 9.46 Å². The Bertz CT molecular complexity index is 1290. The maximum atomic E-state index is 13.1. The van der Waals surface area contributed by atoms with Crippen LogP contribution in [0, 0.1) is 10.1 Å². The lowest BCUT2D eigenvalue weighted by Crippen LogP contribution is -2.29. The molecule has 0 aliphatic heterocycles. The number of unbranched alkanes of at least 4 members (excludes halogenated alkanes) is 2. The number of nitrogens with zero attached hydrogens (tertiary/aromatic N) is 2. The zero-order valence-electron chi connectivity index (χ0n) is 19.6. The van der Waals surface area contributed by atoms with Crippen LogP contribution >= 0.6 is 0 Å². The van der Waals surface area contributed by atoms with Crippen molar-refractivity contribution in [1.82, 2.24) is 14.7 Å². The number of aromatic nitrogens is 2. The topological polar surface area (TPSA) is 144 Å². The number of non-ortho nitro benzene ring substituents is 1.